The van der Waals surface area contributed by atoms with E-state index in [0.29, 0.717) is 30.8 Å². The third kappa shape index (κ3) is 3.36. The molecule has 0 radical (unpaired) electrons. The molecule has 4 rings (SSSR count). The predicted molar refractivity (Wildman–Crippen MR) is 98.9 cm³/mol. The smallest absolute Gasteiger partial charge is 0.256 e. The maximum absolute atomic E-state index is 12.7. The highest BCUT2D eigenvalue weighted by molar-refractivity contribution is 6.01. The Kier molecular flexibility index (Phi) is 4.49. The molecule has 1 spiro atoms. The van der Waals surface area contributed by atoms with Gasteiger partial charge in [0.05, 0.1) is 5.56 Å². The predicted octanol–water partition coefficient (Wildman–Crippen LogP) is 1.00. The van der Waals surface area contributed by atoms with E-state index in [1.165, 1.54) is 0 Å². The first-order chi connectivity index (χ1) is 13.0. The average Bonchev–Trinajstić information content (AvgIpc) is 2.77. The number of nitrogens with zero attached hydrogens (tertiary/aromatic N) is 2. The minimum Gasteiger partial charge on any atom is -0.352 e. The number of nitrogens with one attached hydrogen (secondary N) is 3. The highest BCUT2D eigenvalue weighted by Crippen LogP contribution is 2.31. The van der Waals surface area contributed by atoms with Gasteiger partial charge < -0.3 is 20.9 Å². The van der Waals surface area contributed by atoms with Crippen molar-refractivity contribution in [2.24, 2.45) is 0 Å². The van der Waals surface area contributed by atoms with Crippen molar-refractivity contribution in [2.45, 2.75) is 63.2 Å². The summed E-state index contributed by atoms with van der Waals surface area (Å²) in [6.45, 7) is 2.17. The van der Waals surface area contributed by atoms with Gasteiger partial charge in [0.25, 0.3) is 5.91 Å². The number of carbonyl (C=O) groups is 3. The number of carbonyl (C=O) groups excluding carboxylic acids is 3. The van der Waals surface area contributed by atoms with Gasteiger partial charge in [0.1, 0.15) is 17.5 Å². The van der Waals surface area contributed by atoms with Crippen LogP contribution >= 0.6 is 0 Å². The number of amides is 3. The van der Waals surface area contributed by atoms with Gasteiger partial charge in [0.2, 0.25) is 11.8 Å². The molecule has 1 aliphatic carbocycles. The van der Waals surface area contributed by atoms with E-state index in [1.54, 1.807) is 30.2 Å². The lowest BCUT2D eigenvalue weighted by atomic mass is 9.93. The summed E-state index contributed by atoms with van der Waals surface area (Å²) >= 11 is 0. The summed E-state index contributed by atoms with van der Waals surface area (Å²) in [5, 5.41) is 9.36. The number of rotatable bonds is 3. The van der Waals surface area contributed by atoms with Crippen molar-refractivity contribution < 1.29 is 14.4 Å². The van der Waals surface area contributed by atoms with Crippen molar-refractivity contribution in [3.63, 3.8) is 0 Å². The topological polar surface area (TPSA) is 103 Å². The van der Waals surface area contributed by atoms with Crippen molar-refractivity contribution in [1.82, 2.24) is 20.5 Å². The van der Waals surface area contributed by atoms with Crippen LogP contribution in [0.1, 0.15) is 55.8 Å². The number of likely N-dealkylation sites (tertiary alicyclic amines) is 1. The van der Waals surface area contributed by atoms with Crippen LogP contribution in [0.25, 0.3) is 0 Å². The van der Waals surface area contributed by atoms with Crippen LogP contribution in [-0.4, -0.2) is 51.9 Å². The quantitative estimate of drug-likeness (QED) is 0.736. The first-order valence-corrected chi connectivity index (χ1v) is 9.63. The van der Waals surface area contributed by atoms with Crippen LogP contribution in [0, 0.1) is 0 Å². The molecule has 1 aromatic rings. The summed E-state index contributed by atoms with van der Waals surface area (Å²) < 4.78 is 0. The summed E-state index contributed by atoms with van der Waals surface area (Å²) in [6, 6.07) is 3.17. The van der Waals surface area contributed by atoms with Crippen LogP contribution in [0.4, 0.5) is 5.82 Å². The standard InChI is InChI=1S/C19H25N5O3/c1-12(17(26)21-13-4-2-5-13)24-11-9-19(8-7-15(24)25)22-16-14(18(27)23-19)6-3-10-20-16/h3,6,10,12-13H,2,4-5,7-9,11H2,1H3,(H,20,22)(H,21,26)(H,23,27)/t12-,19-/m1/s1. The zero-order chi connectivity index (χ0) is 19.0. The minimum atomic E-state index is -0.715. The highest BCUT2D eigenvalue weighted by Gasteiger charge is 2.42. The number of hydrogen-bond donors (Lipinski definition) is 3. The Bertz CT molecular complexity index is 778. The fourth-order valence-electron chi connectivity index (χ4n) is 3.93. The van der Waals surface area contributed by atoms with Gasteiger partial charge >= 0.3 is 0 Å². The molecule has 3 amide bonds. The maximum Gasteiger partial charge on any atom is 0.256 e. The fourth-order valence-corrected chi connectivity index (χ4v) is 3.93. The Labute approximate surface area is 158 Å². The Balaban J connectivity index is 1.47. The molecular formula is C19H25N5O3. The van der Waals surface area contributed by atoms with Crippen molar-refractivity contribution in [3.05, 3.63) is 23.9 Å². The summed E-state index contributed by atoms with van der Waals surface area (Å²) in [6.07, 6.45) is 6.04. The molecule has 3 aliphatic rings. The number of pyridine rings is 1. The average molecular weight is 371 g/mol. The monoisotopic (exact) mass is 371 g/mol. The molecule has 0 bridgehead atoms. The van der Waals surface area contributed by atoms with E-state index >= 15 is 0 Å². The van der Waals surface area contributed by atoms with E-state index in [9.17, 15) is 14.4 Å². The Hall–Kier alpha value is -2.64. The van der Waals surface area contributed by atoms with Crippen LogP contribution in [-0.2, 0) is 9.59 Å². The zero-order valence-corrected chi connectivity index (χ0v) is 15.5. The molecule has 0 unspecified atom stereocenters. The molecule has 1 saturated carbocycles. The van der Waals surface area contributed by atoms with Crippen LogP contribution in [0.2, 0.25) is 0 Å². The van der Waals surface area contributed by atoms with Gasteiger partial charge in [-0.3, -0.25) is 14.4 Å². The summed E-state index contributed by atoms with van der Waals surface area (Å²) in [5.74, 6) is 0.189. The molecule has 1 aromatic heterocycles. The summed E-state index contributed by atoms with van der Waals surface area (Å²) in [5.41, 5.74) is -0.212. The summed E-state index contributed by atoms with van der Waals surface area (Å²) in [4.78, 5) is 43.5. The van der Waals surface area contributed by atoms with Crippen LogP contribution in [0.15, 0.2) is 18.3 Å². The van der Waals surface area contributed by atoms with Crippen molar-refractivity contribution >= 4 is 23.5 Å². The molecule has 1 saturated heterocycles. The third-order valence-electron chi connectivity index (χ3n) is 5.93. The maximum atomic E-state index is 12.7. The first kappa shape index (κ1) is 17.8. The van der Waals surface area contributed by atoms with Crippen molar-refractivity contribution in [3.8, 4) is 0 Å². The van der Waals surface area contributed by atoms with E-state index in [-0.39, 0.29) is 30.2 Å². The molecule has 2 fully saturated rings. The number of hydrogen-bond acceptors (Lipinski definition) is 5. The lowest BCUT2D eigenvalue weighted by Crippen LogP contribution is -2.58. The SMILES string of the molecule is C[C@H](C(=O)NC1CCC1)N1CC[C@@]2(CCC1=O)NC(=O)c1cccnc1N2. The number of fused-ring (bicyclic) bond motifs is 1. The molecule has 2 aliphatic heterocycles. The van der Waals surface area contributed by atoms with Crippen molar-refractivity contribution in [2.75, 3.05) is 11.9 Å². The molecule has 3 N–H and O–H groups in total. The van der Waals surface area contributed by atoms with E-state index in [1.807, 2.05) is 0 Å². The van der Waals surface area contributed by atoms with Crippen LogP contribution in [0.5, 0.6) is 0 Å². The Morgan fingerprint density at radius 1 is 1.33 bits per heavy atom. The van der Waals surface area contributed by atoms with Gasteiger partial charge in [-0.1, -0.05) is 0 Å². The van der Waals surface area contributed by atoms with Gasteiger partial charge in [-0.25, -0.2) is 4.98 Å². The molecule has 8 nitrogen and oxygen atoms in total. The van der Waals surface area contributed by atoms with Crippen LogP contribution in [0.3, 0.4) is 0 Å². The Morgan fingerprint density at radius 2 is 2.15 bits per heavy atom. The van der Waals surface area contributed by atoms with E-state index in [2.05, 4.69) is 20.9 Å². The zero-order valence-electron chi connectivity index (χ0n) is 15.5. The van der Waals surface area contributed by atoms with Gasteiger partial charge in [-0.15, -0.1) is 0 Å². The van der Waals surface area contributed by atoms with Gasteiger partial charge in [0, 0.05) is 31.6 Å². The molecule has 8 heteroatoms. The molecule has 3 heterocycles. The van der Waals surface area contributed by atoms with E-state index in [4.69, 9.17) is 0 Å². The van der Waals surface area contributed by atoms with Gasteiger partial charge in [-0.2, -0.15) is 0 Å². The van der Waals surface area contributed by atoms with Gasteiger partial charge in [-0.05, 0) is 44.7 Å². The molecule has 27 heavy (non-hydrogen) atoms. The highest BCUT2D eigenvalue weighted by atomic mass is 16.2. The first-order valence-electron chi connectivity index (χ1n) is 9.63. The van der Waals surface area contributed by atoms with Crippen molar-refractivity contribution in [1.29, 1.82) is 0 Å². The second kappa shape index (κ2) is 6.83. The van der Waals surface area contributed by atoms with E-state index in [0.717, 1.165) is 19.3 Å². The lowest BCUT2D eigenvalue weighted by Gasteiger charge is -2.39. The second-order valence-electron chi connectivity index (χ2n) is 7.71. The lowest BCUT2D eigenvalue weighted by molar-refractivity contribution is -0.139. The largest absolute Gasteiger partial charge is 0.352 e. The number of anilines is 1. The number of aromatic nitrogens is 1. The fraction of sp³-hybridized carbons (Fsp3) is 0.579. The molecule has 144 valence electrons. The Morgan fingerprint density at radius 3 is 2.89 bits per heavy atom. The molecule has 0 aromatic carbocycles. The van der Waals surface area contributed by atoms with Crippen LogP contribution < -0.4 is 16.0 Å². The normalized spacial score (nSPS) is 26.3. The summed E-state index contributed by atoms with van der Waals surface area (Å²) in [7, 11) is 0. The second-order valence-corrected chi connectivity index (χ2v) is 7.71. The molecule has 2 atom stereocenters. The van der Waals surface area contributed by atoms with Gasteiger partial charge in [0.15, 0.2) is 0 Å². The minimum absolute atomic E-state index is 0.0639. The third-order valence-corrected chi connectivity index (χ3v) is 5.93. The molecular weight excluding hydrogens is 346 g/mol. The van der Waals surface area contributed by atoms with E-state index < -0.39 is 11.7 Å².